The van der Waals surface area contributed by atoms with Crippen LogP contribution >= 0.6 is 23.7 Å². The highest BCUT2D eigenvalue weighted by atomic mass is 35.5. The molecule has 3 rings (SSSR count). The van der Waals surface area contributed by atoms with Crippen LogP contribution in [0.15, 0.2) is 17.5 Å². The van der Waals surface area contributed by atoms with E-state index in [4.69, 9.17) is 0 Å². The van der Waals surface area contributed by atoms with Crippen LogP contribution in [-0.2, 0) is 6.54 Å². The third-order valence-electron chi connectivity index (χ3n) is 4.06. The molecule has 2 aliphatic rings. The number of piperidine rings is 1. The van der Waals surface area contributed by atoms with Crippen molar-refractivity contribution in [3.8, 4) is 0 Å². The third kappa shape index (κ3) is 3.02. The maximum absolute atomic E-state index is 3.71. The summed E-state index contributed by atoms with van der Waals surface area (Å²) in [4.78, 5) is 4.05. The number of halogens is 1. The molecule has 1 aromatic heterocycles. The highest BCUT2D eigenvalue weighted by Crippen LogP contribution is 2.30. The van der Waals surface area contributed by atoms with Gasteiger partial charge in [-0.25, -0.2) is 0 Å². The van der Waals surface area contributed by atoms with E-state index in [-0.39, 0.29) is 12.4 Å². The molecule has 2 atom stereocenters. The van der Waals surface area contributed by atoms with Crippen LogP contribution in [0.2, 0.25) is 0 Å². The summed E-state index contributed by atoms with van der Waals surface area (Å²) < 4.78 is 0. The molecule has 0 amide bonds. The third-order valence-corrected chi connectivity index (χ3v) is 4.92. The lowest BCUT2D eigenvalue weighted by molar-refractivity contribution is 0.167. The molecule has 17 heavy (non-hydrogen) atoms. The molecule has 0 radical (unpaired) electrons. The molecule has 1 N–H and O–H groups in total. The minimum atomic E-state index is 0. The summed E-state index contributed by atoms with van der Waals surface area (Å²) in [6.45, 7) is 1.13. The van der Waals surface area contributed by atoms with Crippen molar-refractivity contribution in [1.82, 2.24) is 10.2 Å². The molecule has 0 aromatic carbocycles. The van der Waals surface area contributed by atoms with E-state index in [1.807, 2.05) is 11.3 Å². The largest absolute Gasteiger partial charge is 0.311 e. The number of hydrogen-bond acceptors (Lipinski definition) is 3. The van der Waals surface area contributed by atoms with Gasteiger partial charge in [-0.2, -0.15) is 0 Å². The first-order chi connectivity index (χ1) is 7.81. The monoisotopic (exact) mass is 272 g/mol. The number of thiophene rings is 1. The molecule has 3 heterocycles. The number of nitrogens with zero attached hydrogens (tertiary/aromatic N) is 1. The molecular weight excluding hydrogens is 252 g/mol. The Morgan fingerprint density at radius 1 is 1.35 bits per heavy atom. The predicted octanol–water partition coefficient (Wildman–Crippen LogP) is 2.88. The van der Waals surface area contributed by atoms with Gasteiger partial charge in [0.15, 0.2) is 0 Å². The van der Waals surface area contributed by atoms with Crippen molar-refractivity contribution in [1.29, 1.82) is 0 Å². The van der Waals surface area contributed by atoms with Crippen molar-refractivity contribution >= 4 is 23.7 Å². The van der Waals surface area contributed by atoms with Crippen LogP contribution in [0, 0.1) is 0 Å². The van der Waals surface area contributed by atoms with Crippen molar-refractivity contribution in [2.75, 3.05) is 7.05 Å². The Morgan fingerprint density at radius 2 is 2.06 bits per heavy atom. The Hall–Kier alpha value is -0.0900. The van der Waals surface area contributed by atoms with E-state index < -0.39 is 0 Å². The van der Waals surface area contributed by atoms with Gasteiger partial charge < -0.3 is 5.32 Å². The van der Waals surface area contributed by atoms with Gasteiger partial charge in [0, 0.05) is 29.5 Å². The van der Waals surface area contributed by atoms with Crippen LogP contribution in [0.25, 0.3) is 0 Å². The van der Waals surface area contributed by atoms with Crippen LogP contribution in [0.5, 0.6) is 0 Å². The second kappa shape index (κ2) is 5.70. The van der Waals surface area contributed by atoms with Crippen LogP contribution < -0.4 is 5.32 Å². The average Bonchev–Trinajstić information content (AvgIpc) is 2.89. The molecular formula is C13H21ClN2S. The summed E-state index contributed by atoms with van der Waals surface area (Å²) in [5, 5.41) is 5.89. The highest BCUT2D eigenvalue weighted by Gasteiger charge is 2.34. The maximum Gasteiger partial charge on any atom is 0.0327 e. The van der Waals surface area contributed by atoms with Crippen LogP contribution in [0.3, 0.4) is 0 Å². The zero-order valence-electron chi connectivity index (χ0n) is 10.3. The fourth-order valence-electron chi connectivity index (χ4n) is 3.16. The number of fused-ring (bicyclic) bond motifs is 2. The minimum Gasteiger partial charge on any atom is -0.311 e. The molecule has 2 unspecified atom stereocenters. The lowest BCUT2D eigenvalue weighted by Gasteiger charge is -2.35. The van der Waals surface area contributed by atoms with Crippen LogP contribution in [-0.4, -0.2) is 30.1 Å². The van der Waals surface area contributed by atoms with Gasteiger partial charge in [-0.05, 0) is 44.2 Å². The average molecular weight is 273 g/mol. The van der Waals surface area contributed by atoms with Gasteiger partial charge in [-0.15, -0.1) is 23.7 Å². The van der Waals surface area contributed by atoms with Crippen molar-refractivity contribution < 1.29 is 0 Å². The van der Waals surface area contributed by atoms with Crippen molar-refractivity contribution in [2.45, 2.75) is 50.4 Å². The topological polar surface area (TPSA) is 15.3 Å². The van der Waals surface area contributed by atoms with Crippen LogP contribution in [0.4, 0.5) is 0 Å². The molecule has 4 heteroatoms. The standard InChI is InChI=1S/C13H20N2S.ClH/c1-15(9-13-3-2-6-16-13)12-7-10-4-5-11(8-12)14-10;/h2-3,6,10-12,14H,4-5,7-9H2,1H3;1H. The van der Waals surface area contributed by atoms with Crippen molar-refractivity contribution in [3.05, 3.63) is 22.4 Å². The molecule has 2 nitrogen and oxygen atoms in total. The molecule has 2 saturated heterocycles. The quantitative estimate of drug-likeness (QED) is 0.910. The Balaban J connectivity index is 0.00000108. The lowest BCUT2D eigenvalue weighted by Crippen LogP contribution is -2.46. The number of nitrogens with one attached hydrogen (secondary N) is 1. The Kier molecular flexibility index (Phi) is 4.47. The first-order valence-corrected chi connectivity index (χ1v) is 7.18. The molecule has 2 aliphatic heterocycles. The van der Waals surface area contributed by atoms with Gasteiger partial charge in [0.2, 0.25) is 0 Å². The fraction of sp³-hybridized carbons (Fsp3) is 0.692. The zero-order valence-corrected chi connectivity index (χ0v) is 11.9. The summed E-state index contributed by atoms with van der Waals surface area (Å²) in [7, 11) is 2.29. The summed E-state index contributed by atoms with van der Waals surface area (Å²) in [5.74, 6) is 0. The number of hydrogen-bond donors (Lipinski definition) is 1. The summed E-state index contributed by atoms with van der Waals surface area (Å²) in [6.07, 6.45) is 5.48. The van der Waals surface area contributed by atoms with E-state index in [9.17, 15) is 0 Å². The second-order valence-electron chi connectivity index (χ2n) is 5.26. The maximum atomic E-state index is 3.71. The molecule has 1 aromatic rings. The fourth-order valence-corrected chi connectivity index (χ4v) is 3.93. The molecule has 2 bridgehead atoms. The van der Waals surface area contributed by atoms with E-state index in [1.54, 1.807) is 0 Å². The second-order valence-corrected chi connectivity index (χ2v) is 6.29. The van der Waals surface area contributed by atoms with E-state index in [0.717, 1.165) is 24.7 Å². The summed E-state index contributed by atoms with van der Waals surface area (Å²) in [5.41, 5.74) is 0. The summed E-state index contributed by atoms with van der Waals surface area (Å²) >= 11 is 1.88. The van der Waals surface area contributed by atoms with Gasteiger partial charge in [0.25, 0.3) is 0 Å². The molecule has 96 valence electrons. The van der Waals surface area contributed by atoms with E-state index in [1.165, 1.54) is 30.6 Å². The molecule has 0 spiro atoms. The Labute approximate surface area is 114 Å². The lowest BCUT2D eigenvalue weighted by atomic mass is 9.98. The molecule has 2 fully saturated rings. The van der Waals surface area contributed by atoms with Gasteiger partial charge in [-0.1, -0.05) is 6.07 Å². The van der Waals surface area contributed by atoms with E-state index in [0.29, 0.717) is 0 Å². The van der Waals surface area contributed by atoms with E-state index >= 15 is 0 Å². The molecule has 0 aliphatic carbocycles. The predicted molar refractivity (Wildman–Crippen MR) is 76.0 cm³/mol. The van der Waals surface area contributed by atoms with Crippen LogP contribution in [0.1, 0.15) is 30.6 Å². The first kappa shape index (κ1) is 13.3. The summed E-state index contributed by atoms with van der Waals surface area (Å²) in [6, 6.07) is 6.79. The number of rotatable bonds is 3. The van der Waals surface area contributed by atoms with Crippen molar-refractivity contribution in [2.24, 2.45) is 0 Å². The highest BCUT2D eigenvalue weighted by molar-refractivity contribution is 7.09. The van der Waals surface area contributed by atoms with Crippen molar-refractivity contribution in [3.63, 3.8) is 0 Å². The Morgan fingerprint density at radius 3 is 2.65 bits per heavy atom. The van der Waals surface area contributed by atoms with E-state index in [2.05, 4.69) is 34.8 Å². The first-order valence-electron chi connectivity index (χ1n) is 6.30. The van der Waals surface area contributed by atoms with Gasteiger partial charge in [0.1, 0.15) is 0 Å². The smallest absolute Gasteiger partial charge is 0.0327 e. The Bertz CT molecular complexity index is 329. The normalized spacial score (nSPS) is 31.5. The SMILES string of the molecule is CN(Cc1cccs1)C1CC2CCC(C1)N2.Cl. The van der Waals surface area contributed by atoms with Gasteiger partial charge in [-0.3, -0.25) is 4.90 Å². The zero-order chi connectivity index (χ0) is 11.0. The molecule has 0 saturated carbocycles. The van der Waals surface area contributed by atoms with Gasteiger partial charge >= 0.3 is 0 Å². The van der Waals surface area contributed by atoms with Gasteiger partial charge in [0.05, 0.1) is 0 Å². The minimum absolute atomic E-state index is 0.